The summed E-state index contributed by atoms with van der Waals surface area (Å²) in [6.07, 6.45) is 2.12. The zero-order valence-electron chi connectivity index (χ0n) is 18.3. The second-order valence-electron chi connectivity index (χ2n) is 7.98. The van der Waals surface area contributed by atoms with Crippen LogP contribution in [0.2, 0.25) is 0 Å². The lowest BCUT2D eigenvalue weighted by atomic mass is 10.0. The number of rotatable bonds is 9. The lowest BCUT2D eigenvalue weighted by Crippen LogP contribution is -2.26. The zero-order chi connectivity index (χ0) is 21.5. The van der Waals surface area contributed by atoms with Gasteiger partial charge in [-0.15, -0.1) is 12.4 Å². The highest BCUT2D eigenvalue weighted by atomic mass is 35.5. The molecule has 0 fully saturated rings. The Morgan fingerprint density at radius 2 is 1.53 bits per heavy atom. The molecule has 0 aliphatic rings. The van der Waals surface area contributed by atoms with Gasteiger partial charge in [0, 0.05) is 18.2 Å². The van der Waals surface area contributed by atoms with Crippen molar-refractivity contribution < 1.29 is 9.13 Å². The molecule has 32 heavy (non-hydrogen) atoms. The summed E-state index contributed by atoms with van der Waals surface area (Å²) in [4.78, 5) is 0. The second kappa shape index (κ2) is 11.7. The summed E-state index contributed by atoms with van der Waals surface area (Å²) in [5.41, 5.74) is 3.47. The first kappa shape index (κ1) is 23.8. The maximum Gasteiger partial charge on any atom is 0.124 e. The lowest BCUT2D eigenvalue weighted by molar-refractivity contribution is 0.302. The molecule has 4 aromatic carbocycles. The molecule has 1 unspecified atom stereocenters. The van der Waals surface area contributed by atoms with Gasteiger partial charge in [0.15, 0.2) is 0 Å². The summed E-state index contributed by atoms with van der Waals surface area (Å²) < 4.78 is 19.4. The van der Waals surface area contributed by atoms with E-state index in [1.165, 1.54) is 28.5 Å². The monoisotopic (exact) mass is 449 g/mol. The van der Waals surface area contributed by atoms with Crippen LogP contribution in [0.25, 0.3) is 10.8 Å². The fraction of sp³-hybridized carbons (Fsp3) is 0.214. The molecule has 1 N–H and O–H groups in total. The van der Waals surface area contributed by atoms with Crippen molar-refractivity contribution in [2.45, 2.75) is 39.0 Å². The quantitative estimate of drug-likeness (QED) is 0.294. The molecule has 0 bridgehead atoms. The Morgan fingerprint density at radius 3 is 2.31 bits per heavy atom. The van der Waals surface area contributed by atoms with E-state index in [2.05, 4.69) is 72.9 Å². The molecule has 166 valence electrons. The first-order valence-corrected chi connectivity index (χ1v) is 10.8. The van der Waals surface area contributed by atoms with E-state index in [1.807, 2.05) is 6.07 Å². The van der Waals surface area contributed by atoms with Crippen LogP contribution in [0.3, 0.4) is 0 Å². The third-order valence-electron chi connectivity index (χ3n) is 5.64. The standard InChI is InChI=1S/C28H28FNO.ClH/c1-21(11-12-22-7-3-2-4-8-22)30-19-27-26-10-6-5-9-24(26)15-18-28(27)31-20-23-13-16-25(29)17-14-23;/h2-10,13-18,21,30H,11-12,19-20H2,1H3;1H. The van der Waals surface area contributed by atoms with Gasteiger partial charge in [0.05, 0.1) is 0 Å². The molecule has 4 rings (SSSR count). The highest BCUT2D eigenvalue weighted by molar-refractivity contribution is 5.87. The van der Waals surface area contributed by atoms with Gasteiger partial charge < -0.3 is 10.1 Å². The van der Waals surface area contributed by atoms with Gasteiger partial charge in [0.25, 0.3) is 0 Å². The van der Waals surface area contributed by atoms with Crippen molar-refractivity contribution in [1.82, 2.24) is 5.32 Å². The zero-order valence-corrected chi connectivity index (χ0v) is 19.1. The Kier molecular flexibility index (Phi) is 8.66. The number of hydrogen-bond acceptors (Lipinski definition) is 2. The molecule has 0 saturated carbocycles. The molecule has 4 heteroatoms. The average molecular weight is 450 g/mol. The topological polar surface area (TPSA) is 21.3 Å². The maximum atomic E-state index is 13.2. The molecular formula is C28H29ClFNO. The molecule has 0 aromatic heterocycles. The van der Waals surface area contributed by atoms with Gasteiger partial charge in [-0.2, -0.15) is 0 Å². The van der Waals surface area contributed by atoms with Crippen molar-refractivity contribution in [2.24, 2.45) is 0 Å². The van der Waals surface area contributed by atoms with Crippen molar-refractivity contribution in [2.75, 3.05) is 0 Å². The van der Waals surface area contributed by atoms with Crippen molar-refractivity contribution >= 4 is 23.2 Å². The van der Waals surface area contributed by atoms with Gasteiger partial charge in [0.2, 0.25) is 0 Å². The average Bonchev–Trinajstić information content (AvgIpc) is 2.82. The molecule has 0 radical (unpaired) electrons. The minimum absolute atomic E-state index is 0. The summed E-state index contributed by atoms with van der Waals surface area (Å²) in [5.74, 6) is 0.634. The van der Waals surface area contributed by atoms with Crippen LogP contribution in [-0.2, 0) is 19.6 Å². The maximum absolute atomic E-state index is 13.2. The number of aryl methyl sites for hydroxylation is 1. The van der Waals surface area contributed by atoms with E-state index >= 15 is 0 Å². The molecule has 2 nitrogen and oxygen atoms in total. The predicted molar refractivity (Wildman–Crippen MR) is 133 cm³/mol. The molecule has 0 amide bonds. The summed E-state index contributed by atoms with van der Waals surface area (Å²) in [6, 6.07) is 30.0. The Morgan fingerprint density at radius 1 is 0.812 bits per heavy atom. The van der Waals surface area contributed by atoms with Crippen LogP contribution in [0, 0.1) is 5.82 Å². The van der Waals surface area contributed by atoms with Crippen molar-refractivity contribution in [3.63, 3.8) is 0 Å². The molecule has 0 heterocycles. The molecule has 0 aliphatic heterocycles. The number of benzene rings is 4. The van der Waals surface area contributed by atoms with Crippen LogP contribution < -0.4 is 10.1 Å². The molecule has 0 aliphatic carbocycles. The molecule has 4 aromatic rings. The fourth-order valence-electron chi connectivity index (χ4n) is 3.78. The number of ether oxygens (including phenoxy) is 1. The van der Waals surface area contributed by atoms with Crippen LogP contribution in [-0.4, -0.2) is 6.04 Å². The molecule has 0 spiro atoms. The van der Waals surface area contributed by atoms with Crippen molar-refractivity contribution in [1.29, 1.82) is 0 Å². The van der Waals surface area contributed by atoms with Gasteiger partial charge in [-0.05, 0) is 59.9 Å². The van der Waals surface area contributed by atoms with Crippen molar-refractivity contribution in [3.8, 4) is 5.75 Å². The third kappa shape index (κ3) is 6.32. The Balaban J connectivity index is 0.00000289. The normalized spacial score (nSPS) is 11.7. The number of nitrogens with one attached hydrogen (secondary N) is 1. The minimum atomic E-state index is -0.233. The number of fused-ring (bicyclic) bond motifs is 1. The van der Waals surface area contributed by atoms with E-state index in [0.717, 1.165) is 36.3 Å². The van der Waals surface area contributed by atoms with Gasteiger partial charge in [-0.25, -0.2) is 4.39 Å². The number of halogens is 2. The SMILES string of the molecule is CC(CCc1ccccc1)NCc1c(OCc2ccc(F)cc2)ccc2ccccc12.Cl. The predicted octanol–water partition coefficient (Wildman–Crippen LogP) is 7.09. The Labute approximate surface area is 195 Å². The molecule has 1 atom stereocenters. The summed E-state index contributed by atoms with van der Waals surface area (Å²) in [6.45, 7) is 3.37. The van der Waals surface area contributed by atoms with Crippen LogP contribution in [0.5, 0.6) is 5.75 Å². The van der Waals surface area contributed by atoms with E-state index < -0.39 is 0 Å². The lowest BCUT2D eigenvalue weighted by Gasteiger charge is -2.18. The van der Waals surface area contributed by atoms with E-state index in [1.54, 1.807) is 12.1 Å². The fourth-order valence-corrected chi connectivity index (χ4v) is 3.78. The molecular weight excluding hydrogens is 421 g/mol. The van der Waals surface area contributed by atoms with Crippen LogP contribution >= 0.6 is 12.4 Å². The van der Waals surface area contributed by atoms with Gasteiger partial charge in [-0.3, -0.25) is 0 Å². The van der Waals surface area contributed by atoms with Crippen LogP contribution in [0.15, 0.2) is 91.0 Å². The van der Waals surface area contributed by atoms with Crippen molar-refractivity contribution in [3.05, 3.63) is 114 Å². The summed E-state index contributed by atoms with van der Waals surface area (Å²) in [5, 5.41) is 6.07. The van der Waals surface area contributed by atoms with Gasteiger partial charge in [-0.1, -0.05) is 72.8 Å². The summed E-state index contributed by atoms with van der Waals surface area (Å²) >= 11 is 0. The highest BCUT2D eigenvalue weighted by Crippen LogP contribution is 2.29. The second-order valence-corrected chi connectivity index (χ2v) is 7.98. The van der Waals surface area contributed by atoms with Crippen LogP contribution in [0.4, 0.5) is 4.39 Å². The van der Waals surface area contributed by atoms with E-state index in [4.69, 9.17) is 4.74 Å². The van der Waals surface area contributed by atoms with E-state index in [-0.39, 0.29) is 18.2 Å². The van der Waals surface area contributed by atoms with Crippen LogP contribution in [0.1, 0.15) is 30.0 Å². The Bertz CT molecular complexity index is 1120. The number of hydrogen-bond donors (Lipinski definition) is 1. The first-order chi connectivity index (χ1) is 15.2. The van der Waals surface area contributed by atoms with Gasteiger partial charge in [0.1, 0.15) is 18.2 Å². The third-order valence-corrected chi connectivity index (χ3v) is 5.64. The van der Waals surface area contributed by atoms with E-state index in [0.29, 0.717) is 12.6 Å². The van der Waals surface area contributed by atoms with Gasteiger partial charge >= 0.3 is 0 Å². The minimum Gasteiger partial charge on any atom is -0.489 e. The smallest absolute Gasteiger partial charge is 0.124 e. The first-order valence-electron chi connectivity index (χ1n) is 10.8. The Hall–Kier alpha value is -2.88. The summed E-state index contributed by atoms with van der Waals surface area (Å²) in [7, 11) is 0. The highest BCUT2D eigenvalue weighted by Gasteiger charge is 2.11. The molecule has 0 saturated heterocycles. The van der Waals surface area contributed by atoms with E-state index in [9.17, 15) is 4.39 Å². The largest absolute Gasteiger partial charge is 0.489 e.